The van der Waals surface area contributed by atoms with Crippen molar-refractivity contribution in [1.29, 1.82) is 0 Å². The predicted octanol–water partition coefficient (Wildman–Crippen LogP) is 21.7. The van der Waals surface area contributed by atoms with Gasteiger partial charge >= 0.3 is 0 Å². The molecule has 7 rings (SSSR count). The molecule has 6 aliphatic heterocycles. The highest BCUT2D eigenvalue weighted by atomic mass is 19.1. The van der Waals surface area contributed by atoms with Gasteiger partial charge in [-0.1, -0.05) is 132 Å². The second-order valence-electron chi connectivity index (χ2n) is 46.1. The number of piperazine rings is 1. The lowest BCUT2D eigenvalue weighted by atomic mass is 9.62. The molecule has 1 aromatic heterocycles. The van der Waals surface area contributed by atoms with Gasteiger partial charge in [-0.05, 0) is 299 Å². The third kappa shape index (κ3) is 30.7. The molecule has 98 heavy (non-hydrogen) atoms. The predicted molar refractivity (Wildman–Crippen MR) is 433 cm³/mol. The van der Waals surface area contributed by atoms with Crippen molar-refractivity contribution in [3.63, 3.8) is 0 Å². The number of piperidine rings is 4. The van der Waals surface area contributed by atoms with E-state index in [-0.39, 0.29) is 32.9 Å². The van der Waals surface area contributed by atoms with Crippen LogP contribution >= 0.6 is 0 Å². The Labute approximate surface area is 614 Å². The van der Waals surface area contributed by atoms with Crippen molar-refractivity contribution < 1.29 is 9.50 Å². The Hall–Kier alpha value is -1.18. The van der Waals surface area contributed by atoms with Gasteiger partial charge in [0.25, 0.3) is 0 Å². The average Bonchev–Trinajstić information content (AvgIpc) is 1.09. The summed E-state index contributed by atoms with van der Waals surface area (Å²) in [7, 11) is 0. The van der Waals surface area contributed by atoms with E-state index >= 15 is 0 Å². The van der Waals surface area contributed by atoms with Gasteiger partial charge in [0.2, 0.25) is 0 Å². The lowest BCUT2D eigenvalue weighted by Gasteiger charge is -2.52. The second kappa shape index (κ2) is 34.2. The van der Waals surface area contributed by atoms with Crippen molar-refractivity contribution in [1.82, 2.24) is 44.1 Å². The van der Waals surface area contributed by atoms with Crippen LogP contribution in [0.5, 0.6) is 0 Å². The summed E-state index contributed by atoms with van der Waals surface area (Å²) in [4.78, 5) is 17.8. The van der Waals surface area contributed by atoms with Crippen molar-refractivity contribution in [3.8, 4) is 0 Å². The van der Waals surface area contributed by atoms with Crippen LogP contribution in [-0.2, 0) is 11.0 Å². The third-order valence-electron chi connectivity index (χ3n) is 24.4. The van der Waals surface area contributed by atoms with E-state index < -0.39 is 11.3 Å². The van der Waals surface area contributed by atoms with Crippen LogP contribution in [0.2, 0.25) is 0 Å². The quantitative estimate of drug-likeness (QED) is 0.274. The minimum absolute atomic E-state index is 0.00300. The van der Waals surface area contributed by atoms with E-state index in [0.29, 0.717) is 62.2 Å². The number of alkyl halides is 1. The third-order valence-corrected chi connectivity index (χ3v) is 24.4. The number of rotatable bonds is 0. The highest BCUT2D eigenvalue weighted by Crippen LogP contribution is 2.48. The Morgan fingerprint density at radius 3 is 0.837 bits per heavy atom. The van der Waals surface area contributed by atoms with Gasteiger partial charge in [0, 0.05) is 110 Å². The van der Waals surface area contributed by atoms with Gasteiger partial charge < -0.3 is 5.11 Å². The van der Waals surface area contributed by atoms with E-state index in [1.165, 1.54) is 96.7 Å². The van der Waals surface area contributed by atoms with Crippen LogP contribution in [0, 0.1) is 44.3 Å². The Bertz CT molecular complexity index is 2130. The molecule has 0 amide bonds. The molecule has 0 atom stereocenters. The molecule has 6 aliphatic rings. The first kappa shape index (κ1) is 94.8. The zero-order chi connectivity index (χ0) is 77.5. The fourth-order valence-electron chi connectivity index (χ4n) is 14.1. The fraction of sp³-hybridized carbons (Fsp3) is 0.966. The van der Waals surface area contributed by atoms with Gasteiger partial charge in [0.1, 0.15) is 5.67 Å². The molecule has 0 aromatic carbocycles. The van der Waals surface area contributed by atoms with Gasteiger partial charge in [0.15, 0.2) is 0 Å². The second-order valence-corrected chi connectivity index (χ2v) is 46.1. The molecule has 10 nitrogen and oxygen atoms in total. The molecule has 0 bridgehead atoms. The molecule has 0 unspecified atom stereocenters. The lowest BCUT2D eigenvalue weighted by Crippen LogP contribution is -2.59. The summed E-state index contributed by atoms with van der Waals surface area (Å²) in [6, 6.07) is 0. The summed E-state index contributed by atoms with van der Waals surface area (Å²) in [6.07, 6.45) is 12.7. The lowest BCUT2D eigenvalue weighted by molar-refractivity contribution is -0.109. The summed E-state index contributed by atoms with van der Waals surface area (Å²) >= 11 is 0. The average molecular weight is 1390 g/mol. The highest BCUT2D eigenvalue weighted by molar-refractivity contribution is 5.16. The Balaban J connectivity index is 0.000000572. The number of halogens is 1. The number of hydrogen-bond donors (Lipinski definition) is 1. The topological polar surface area (TPSA) is 60.7 Å². The summed E-state index contributed by atoms with van der Waals surface area (Å²) in [6.45, 7) is 114. The first-order chi connectivity index (χ1) is 43.0. The maximum absolute atomic E-state index is 14.6. The molecule has 6 saturated heterocycles. The number of aromatic nitrogens is 2. The molecule has 0 radical (unpaired) electrons. The van der Waals surface area contributed by atoms with Crippen LogP contribution in [0.3, 0.4) is 0 Å². The Morgan fingerprint density at radius 2 is 0.612 bits per heavy atom. The van der Waals surface area contributed by atoms with Crippen molar-refractivity contribution in [3.05, 3.63) is 18.0 Å². The van der Waals surface area contributed by atoms with Crippen LogP contribution in [-0.4, -0.2) is 191 Å². The largest absolute Gasteiger partial charge is 0.389 e. The van der Waals surface area contributed by atoms with Gasteiger partial charge in [-0.15, -0.1) is 0 Å². The molecule has 584 valence electrons. The molecular formula is C87H178FN9O. The standard InChI is InChI=1S/C14H29N.C13H26FN.C13H27NO.C13H27N.C12H26N2.C11H20N2.C11H23N/c1-12(2,3)14(7)8-10-15(11-9-14)13(4,5)6;1-11(2,3)13(14)7-9-15(10-8-13)12(4,5)6;1-11(2,3)13(15)7-9-14(10-8-13)12(4,5)6;1-12(2,3)11-7-9-14(10-8-11)13(4,5)6;1-11(2,3)13-7-9-14(10-8-13)12(4,5)6;1-10(2,3)9-7-12-13(8-9)11(4,5)6;1-10(2,3)9-7-12(8-9)11(4,5)6/h8-11H2,1-7H3;7-10H2,1-6H3;15H,7-10H2,1-6H3;11H,7-10H2,1-6H3;7-10H2,1-6H3;7-8H,1-6H3;9H,7-8H2,1-6H3. The van der Waals surface area contributed by atoms with Crippen LogP contribution in [0.25, 0.3) is 0 Å². The van der Waals surface area contributed by atoms with Gasteiger partial charge in [-0.3, -0.25) is 39.0 Å². The smallest absolute Gasteiger partial charge is 0.118 e. The summed E-state index contributed by atoms with van der Waals surface area (Å²) < 4.78 is 16.6. The van der Waals surface area contributed by atoms with E-state index in [2.05, 4.69) is 323 Å². The zero-order valence-electron chi connectivity index (χ0n) is 74.7. The zero-order valence-corrected chi connectivity index (χ0v) is 74.7. The summed E-state index contributed by atoms with van der Waals surface area (Å²) in [5.41, 5.74) is 4.04. The van der Waals surface area contributed by atoms with Gasteiger partial charge in [0.05, 0.1) is 17.3 Å². The van der Waals surface area contributed by atoms with E-state index in [0.717, 1.165) is 50.9 Å². The van der Waals surface area contributed by atoms with Crippen molar-refractivity contribution in [2.45, 2.75) is 410 Å². The van der Waals surface area contributed by atoms with E-state index in [1.807, 2.05) is 31.6 Å². The highest BCUT2D eigenvalue weighted by Gasteiger charge is 2.47. The number of hydrogen-bond acceptors (Lipinski definition) is 9. The van der Waals surface area contributed by atoms with Crippen molar-refractivity contribution in [2.24, 2.45) is 44.3 Å². The molecule has 7 heterocycles. The maximum Gasteiger partial charge on any atom is 0.118 e. The monoisotopic (exact) mass is 1380 g/mol. The van der Waals surface area contributed by atoms with Gasteiger partial charge in [-0.25, -0.2) is 4.39 Å². The molecule has 0 saturated carbocycles. The Kier molecular flexibility index (Phi) is 33.0. The molecule has 1 N–H and O–H groups in total. The molecule has 0 aliphatic carbocycles. The number of likely N-dealkylation sites (tertiary alicyclic amines) is 5. The van der Waals surface area contributed by atoms with Crippen LogP contribution in [0.15, 0.2) is 12.4 Å². The normalized spacial score (nSPS) is 22.1. The first-order valence-corrected chi connectivity index (χ1v) is 39.8. The maximum atomic E-state index is 14.6. The van der Waals surface area contributed by atoms with Crippen molar-refractivity contribution in [2.75, 3.05) is 91.6 Å². The fourth-order valence-corrected chi connectivity index (χ4v) is 14.1. The van der Waals surface area contributed by atoms with E-state index in [9.17, 15) is 9.50 Å². The first-order valence-electron chi connectivity index (χ1n) is 39.8. The van der Waals surface area contributed by atoms with E-state index in [4.69, 9.17) is 0 Å². The van der Waals surface area contributed by atoms with E-state index in [1.54, 1.807) is 0 Å². The van der Waals surface area contributed by atoms with Gasteiger partial charge in [-0.2, -0.15) is 5.10 Å². The van der Waals surface area contributed by atoms with Crippen LogP contribution < -0.4 is 0 Å². The summed E-state index contributed by atoms with van der Waals surface area (Å²) in [5, 5.41) is 14.9. The number of nitrogens with zero attached hydrogens (tertiary/aromatic N) is 9. The molecule has 1 aromatic rings. The minimum Gasteiger partial charge on any atom is -0.389 e. The molecule has 6 fully saturated rings. The van der Waals surface area contributed by atoms with Crippen molar-refractivity contribution >= 4 is 0 Å². The minimum atomic E-state index is -0.977. The van der Waals surface area contributed by atoms with Crippen LogP contribution in [0.1, 0.15) is 355 Å². The molecule has 0 spiro atoms. The molecule has 11 heteroatoms. The summed E-state index contributed by atoms with van der Waals surface area (Å²) in [5.74, 6) is 1.82. The number of aliphatic hydroxyl groups is 1. The molecular weight excluding hydrogens is 1210 g/mol. The van der Waals surface area contributed by atoms with Crippen LogP contribution in [0.4, 0.5) is 4.39 Å². The SMILES string of the molecule is CC(C)(C)C1CCN(C(C)(C)C)CC1.CC(C)(C)C1CN(C(C)(C)C)C1.CC(C)(C)N1CCC(C)(C(C)(C)C)CC1.CC(C)(C)N1CCC(F)(C(C)(C)C)CC1.CC(C)(C)N1CCC(O)(C(C)(C)C)CC1.CC(C)(C)N1CCN(C(C)(C)C)CC1.CC(C)(C)c1cnn(C(C)(C)C)c1. The Morgan fingerprint density at radius 1 is 0.337 bits per heavy atom.